The quantitative estimate of drug-likeness (QED) is 0.670. The first-order valence-electron chi connectivity index (χ1n) is 5.57. The zero-order chi connectivity index (χ0) is 11.8. The first-order valence-corrected chi connectivity index (χ1v) is 5.57. The van der Waals surface area contributed by atoms with E-state index < -0.39 is 0 Å². The highest BCUT2D eigenvalue weighted by molar-refractivity contribution is 5.13. The van der Waals surface area contributed by atoms with Crippen LogP contribution >= 0.6 is 0 Å². The van der Waals surface area contributed by atoms with Gasteiger partial charge in [-0.15, -0.1) is 0 Å². The molecule has 0 amide bonds. The maximum absolute atomic E-state index is 9.07. The Bertz CT molecular complexity index is 342. The summed E-state index contributed by atoms with van der Waals surface area (Å²) in [5.74, 6) is 0. The average Bonchev–Trinajstić information content (AvgIpc) is 2.73. The Morgan fingerprint density at radius 1 is 1.69 bits per heavy atom. The fraction of sp³-hybridized carbons (Fsp3) is 0.636. The van der Waals surface area contributed by atoms with Gasteiger partial charge < -0.3 is 9.67 Å². The van der Waals surface area contributed by atoms with E-state index in [0.717, 1.165) is 18.7 Å². The molecule has 16 heavy (non-hydrogen) atoms. The van der Waals surface area contributed by atoms with Gasteiger partial charge in [0.2, 0.25) is 0 Å². The number of aryl methyl sites for hydroxylation is 1. The molecule has 1 heterocycles. The highest BCUT2D eigenvalue weighted by Crippen LogP contribution is 2.12. The lowest BCUT2D eigenvalue weighted by Gasteiger charge is -2.13. The van der Waals surface area contributed by atoms with Gasteiger partial charge in [0.1, 0.15) is 6.04 Å². The van der Waals surface area contributed by atoms with Gasteiger partial charge in [-0.05, 0) is 19.4 Å². The summed E-state index contributed by atoms with van der Waals surface area (Å²) < 4.78 is 1.99. The first kappa shape index (κ1) is 12.7. The van der Waals surface area contributed by atoms with Gasteiger partial charge in [0.25, 0.3) is 0 Å². The monoisotopic (exact) mass is 222 g/mol. The summed E-state index contributed by atoms with van der Waals surface area (Å²) in [4.78, 5) is 4.06. The molecule has 2 N–H and O–H groups in total. The SMILES string of the molecule is CCCn1cncc1C(C#N)NCCCO. The number of imidazole rings is 1. The Labute approximate surface area is 95.7 Å². The Hall–Kier alpha value is -1.38. The van der Waals surface area contributed by atoms with Crippen LogP contribution in [0.4, 0.5) is 0 Å². The number of aromatic nitrogens is 2. The molecule has 5 heteroatoms. The molecule has 0 saturated heterocycles. The molecule has 0 aliphatic heterocycles. The van der Waals surface area contributed by atoms with E-state index in [1.165, 1.54) is 0 Å². The summed E-state index contributed by atoms with van der Waals surface area (Å²) in [7, 11) is 0. The number of hydrogen-bond donors (Lipinski definition) is 2. The molecule has 0 aliphatic carbocycles. The second-order valence-electron chi connectivity index (χ2n) is 3.61. The van der Waals surface area contributed by atoms with E-state index in [9.17, 15) is 0 Å². The Morgan fingerprint density at radius 2 is 2.50 bits per heavy atom. The van der Waals surface area contributed by atoms with Gasteiger partial charge >= 0.3 is 0 Å². The Kier molecular flexibility index (Phi) is 5.54. The van der Waals surface area contributed by atoms with E-state index >= 15 is 0 Å². The van der Waals surface area contributed by atoms with Gasteiger partial charge in [-0.3, -0.25) is 5.32 Å². The minimum absolute atomic E-state index is 0.138. The van der Waals surface area contributed by atoms with Crippen molar-refractivity contribution in [1.82, 2.24) is 14.9 Å². The predicted molar refractivity (Wildman–Crippen MR) is 60.6 cm³/mol. The van der Waals surface area contributed by atoms with Crippen LogP contribution in [0, 0.1) is 11.3 Å². The number of nitrogens with zero attached hydrogens (tertiary/aromatic N) is 3. The van der Waals surface area contributed by atoms with Crippen LogP contribution in [0.2, 0.25) is 0 Å². The fourth-order valence-electron chi connectivity index (χ4n) is 1.54. The van der Waals surface area contributed by atoms with Gasteiger partial charge in [0.05, 0.1) is 24.3 Å². The van der Waals surface area contributed by atoms with Crippen molar-refractivity contribution in [2.45, 2.75) is 32.4 Å². The van der Waals surface area contributed by atoms with E-state index in [0.29, 0.717) is 13.0 Å². The molecule has 1 rings (SSSR count). The molecule has 0 radical (unpaired) electrons. The maximum Gasteiger partial charge on any atom is 0.138 e. The van der Waals surface area contributed by atoms with Gasteiger partial charge in [0.15, 0.2) is 0 Å². The normalized spacial score (nSPS) is 12.3. The van der Waals surface area contributed by atoms with Crippen LogP contribution in [-0.2, 0) is 6.54 Å². The third kappa shape index (κ3) is 3.33. The van der Waals surface area contributed by atoms with Gasteiger partial charge in [-0.2, -0.15) is 5.26 Å². The molecule has 1 atom stereocenters. The van der Waals surface area contributed by atoms with E-state index in [4.69, 9.17) is 10.4 Å². The smallest absolute Gasteiger partial charge is 0.138 e. The fourth-order valence-corrected chi connectivity index (χ4v) is 1.54. The van der Waals surface area contributed by atoms with Crippen molar-refractivity contribution in [2.75, 3.05) is 13.2 Å². The largest absolute Gasteiger partial charge is 0.396 e. The molecule has 0 spiro atoms. The number of rotatable bonds is 7. The van der Waals surface area contributed by atoms with Crippen molar-refractivity contribution >= 4 is 0 Å². The molecule has 0 saturated carbocycles. The van der Waals surface area contributed by atoms with Crippen molar-refractivity contribution in [3.63, 3.8) is 0 Å². The predicted octanol–water partition coefficient (Wildman–Crippen LogP) is 0.830. The van der Waals surface area contributed by atoms with E-state index in [2.05, 4.69) is 23.3 Å². The molecular formula is C11H18N4O. The lowest BCUT2D eigenvalue weighted by Crippen LogP contribution is -2.24. The number of hydrogen-bond acceptors (Lipinski definition) is 4. The molecule has 88 valence electrons. The van der Waals surface area contributed by atoms with Crippen molar-refractivity contribution < 1.29 is 5.11 Å². The summed E-state index contributed by atoms with van der Waals surface area (Å²) in [5, 5.41) is 20.8. The second kappa shape index (κ2) is 6.99. The van der Waals surface area contributed by atoms with Gasteiger partial charge in [0, 0.05) is 13.2 Å². The minimum Gasteiger partial charge on any atom is -0.396 e. The minimum atomic E-state index is -0.347. The first-order chi connectivity index (χ1) is 7.83. The zero-order valence-electron chi connectivity index (χ0n) is 9.56. The average molecular weight is 222 g/mol. The number of aliphatic hydroxyl groups is 1. The zero-order valence-corrected chi connectivity index (χ0v) is 9.56. The summed E-state index contributed by atoms with van der Waals surface area (Å²) in [6.45, 7) is 3.73. The molecular weight excluding hydrogens is 204 g/mol. The third-order valence-electron chi connectivity index (χ3n) is 2.32. The molecule has 0 aromatic carbocycles. The number of nitrogens with one attached hydrogen (secondary N) is 1. The standard InChI is InChI=1S/C11H18N4O/c1-2-5-15-9-13-8-11(15)10(7-12)14-4-3-6-16/h8-10,14,16H,2-6H2,1H3. The summed E-state index contributed by atoms with van der Waals surface area (Å²) in [6.07, 6.45) is 5.13. The molecule has 0 aliphatic rings. The molecule has 1 aromatic rings. The van der Waals surface area contributed by atoms with Crippen molar-refractivity contribution in [3.8, 4) is 6.07 Å². The van der Waals surface area contributed by atoms with Crippen LogP contribution in [0.3, 0.4) is 0 Å². The van der Waals surface area contributed by atoms with Gasteiger partial charge in [-0.1, -0.05) is 6.92 Å². The lowest BCUT2D eigenvalue weighted by molar-refractivity contribution is 0.284. The third-order valence-corrected chi connectivity index (χ3v) is 2.32. The molecule has 1 aromatic heterocycles. The summed E-state index contributed by atoms with van der Waals surface area (Å²) in [5.41, 5.74) is 0.891. The summed E-state index contributed by atoms with van der Waals surface area (Å²) >= 11 is 0. The van der Waals surface area contributed by atoms with Crippen molar-refractivity contribution in [1.29, 1.82) is 5.26 Å². The lowest BCUT2D eigenvalue weighted by atomic mass is 10.2. The van der Waals surface area contributed by atoms with Crippen LogP contribution in [0.1, 0.15) is 31.5 Å². The summed E-state index contributed by atoms with van der Waals surface area (Å²) in [6, 6.07) is 1.86. The second-order valence-corrected chi connectivity index (χ2v) is 3.61. The van der Waals surface area contributed by atoms with Crippen LogP contribution in [0.5, 0.6) is 0 Å². The number of aliphatic hydroxyl groups excluding tert-OH is 1. The van der Waals surface area contributed by atoms with Crippen LogP contribution in [-0.4, -0.2) is 27.8 Å². The maximum atomic E-state index is 9.07. The molecule has 0 bridgehead atoms. The highest BCUT2D eigenvalue weighted by Gasteiger charge is 2.13. The van der Waals surface area contributed by atoms with Crippen molar-refractivity contribution in [2.24, 2.45) is 0 Å². The molecule has 0 fully saturated rings. The number of nitriles is 1. The molecule has 5 nitrogen and oxygen atoms in total. The molecule has 1 unspecified atom stereocenters. The van der Waals surface area contributed by atoms with Crippen molar-refractivity contribution in [3.05, 3.63) is 18.2 Å². The van der Waals surface area contributed by atoms with E-state index in [1.807, 2.05) is 4.57 Å². The highest BCUT2D eigenvalue weighted by atomic mass is 16.3. The van der Waals surface area contributed by atoms with E-state index in [-0.39, 0.29) is 12.6 Å². The van der Waals surface area contributed by atoms with Crippen LogP contribution in [0.15, 0.2) is 12.5 Å². The Morgan fingerprint density at radius 3 is 3.12 bits per heavy atom. The Balaban J connectivity index is 2.63. The van der Waals surface area contributed by atoms with E-state index in [1.54, 1.807) is 12.5 Å². The van der Waals surface area contributed by atoms with Crippen LogP contribution in [0.25, 0.3) is 0 Å². The van der Waals surface area contributed by atoms with Crippen LogP contribution < -0.4 is 5.32 Å². The topological polar surface area (TPSA) is 73.9 Å². The van der Waals surface area contributed by atoms with Gasteiger partial charge in [-0.25, -0.2) is 4.98 Å².